The smallest absolute Gasteiger partial charge is 0.287 e. The number of ketones is 1. The molecule has 230 valence electrons. The standard InChI is InChI=1S/C31H51N5O5/c1-27(2,3)23(35-21(37)16-28(4,5)33)26(41)36-17-31(29(6,7)30(31)12-9-13-30)15-20(36)25(40)34-19(22(38)24(32)39)14-18-10-8-11-18/h18-20,23H,8-17,33H2,1-7H3,(H2,32,39)(H,34,40)(H,35,37)/t19?,20-,23+,31+/m0/s1. The van der Waals surface area contributed by atoms with Crippen molar-refractivity contribution in [3.05, 3.63) is 0 Å². The van der Waals surface area contributed by atoms with Crippen LogP contribution in [0.25, 0.3) is 0 Å². The predicted molar refractivity (Wildman–Crippen MR) is 155 cm³/mol. The number of nitrogens with zero attached hydrogens (tertiary/aromatic N) is 1. The molecule has 4 rings (SSSR count). The number of Topliss-reactive ketones (excluding diaryl/α,β-unsaturated/α-hetero) is 1. The molecule has 0 aromatic carbocycles. The molecule has 3 aliphatic carbocycles. The van der Waals surface area contributed by atoms with Crippen LogP contribution >= 0.6 is 0 Å². The van der Waals surface area contributed by atoms with Crippen LogP contribution in [0.1, 0.15) is 106 Å². The first-order valence-corrected chi connectivity index (χ1v) is 15.3. The maximum atomic E-state index is 14.4. The Morgan fingerprint density at radius 2 is 1.56 bits per heavy atom. The average Bonchev–Trinajstić information content (AvgIpc) is 3.01. The SMILES string of the molecule is CC(C)(N)CC(=O)N[C@H](C(=O)N1C[C@]2(C[C@H]1C(=O)NC(CC1CCC1)C(=O)C(N)=O)C(C)(C)C21CCC1)C(C)(C)C. The molecule has 0 bridgehead atoms. The second-order valence-corrected chi connectivity index (χ2v) is 15.7. The highest BCUT2D eigenvalue weighted by atomic mass is 16.2. The van der Waals surface area contributed by atoms with Crippen molar-refractivity contribution in [2.75, 3.05) is 6.54 Å². The van der Waals surface area contributed by atoms with E-state index in [-0.39, 0.29) is 40.4 Å². The van der Waals surface area contributed by atoms with Gasteiger partial charge in [0.1, 0.15) is 12.1 Å². The zero-order valence-electron chi connectivity index (χ0n) is 26.0. The monoisotopic (exact) mass is 573 g/mol. The van der Waals surface area contributed by atoms with Crippen molar-refractivity contribution in [2.45, 2.75) is 130 Å². The van der Waals surface area contributed by atoms with Crippen molar-refractivity contribution in [3.8, 4) is 0 Å². The Bertz CT molecular complexity index is 1110. The number of hydrogen-bond donors (Lipinski definition) is 4. The molecule has 10 nitrogen and oxygen atoms in total. The Hall–Kier alpha value is -2.49. The Kier molecular flexibility index (Phi) is 7.94. The molecule has 4 fully saturated rings. The van der Waals surface area contributed by atoms with E-state index in [9.17, 15) is 24.0 Å². The highest BCUT2D eigenvalue weighted by Crippen LogP contribution is 2.88. The minimum absolute atomic E-state index is 0.0505. The van der Waals surface area contributed by atoms with E-state index >= 15 is 0 Å². The van der Waals surface area contributed by atoms with Crippen molar-refractivity contribution in [1.82, 2.24) is 15.5 Å². The number of primary amides is 1. The third kappa shape index (κ3) is 5.41. The summed E-state index contributed by atoms with van der Waals surface area (Å²) in [5.74, 6) is -2.69. The number of rotatable bonds is 10. The van der Waals surface area contributed by atoms with Crippen LogP contribution in [0.5, 0.6) is 0 Å². The lowest BCUT2D eigenvalue weighted by molar-refractivity contribution is -0.145. The van der Waals surface area contributed by atoms with Gasteiger partial charge < -0.3 is 27.0 Å². The van der Waals surface area contributed by atoms with E-state index in [1.165, 1.54) is 0 Å². The van der Waals surface area contributed by atoms with Gasteiger partial charge >= 0.3 is 0 Å². The molecule has 1 unspecified atom stereocenters. The summed E-state index contributed by atoms with van der Waals surface area (Å²) in [6.45, 7) is 14.1. The predicted octanol–water partition coefficient (Wildman–Crippen LogP) is 2.17. The number of carbonyl (C=O) groups is 5. The van der Waals surface area contributed by atoms with E-state index in [1.54, 1.807) is 18.7 Å². The van der Waals surface area contributed by atoms with Crippen LogP contribution in [-0.4, -0.2) is 64.5 Å². The van der Waals surface area contributed by atoms with Gasteiger partial charge in [-0.25, -0.2) is 0 Å². The summed E-state index contributed by atoms with van der Waals surface area (Å²) in [4.78, 5) is 67.5. The number of likely N-dealkylation sites (tertiary alicyclic amines) is 1. The minimum Gasteiger partial charge on any atom is -0.363 e. The first-order valence-electron chi connectivity index (χ1n) is 15.3. The van der Waals surface area contributed by atoms with E-state index in [1.807, 2.05) is 20.8 Å². The molecule has 4 aliphatic rings. The highest BCUT2D eigenvalue weighted by Gasteiger charge is 2.85. The maximum absolute atomic E-state index is 14.4. The summed E-state index contributed by atoms with van der Waals surface area (Å²) in [5.41, 5.74) is 9.85. The van der Waals surface area contributed by atoms with Crippen LogP contribution < -0.4 is 22.1 Å². The molecule has 0 aromatic heterocycles. The third-order valence-corrected chi connectivity index (χ3v) is 11.1. The van der Waals surface area contributed by atoms with E-state index in [4.69, 9.17) is 11.5 Å². The number of fused-ring (bicyclic) bond motifs is 1. The van der Waals surface area contributed by atoms with Crippen molar-refractivity contribution in [2.24, 2.45) is 39.0 Å². The lowest BCUT2D eigenvalue weighted by atomic mass is 9.73. The molecule has 1 aliphatic heterocycles. The van der Waals surface area contributed by atoms with Crippen molar-refractivity contribution < 1.29 is 24.0 Å². The Morgan fingerprint density at radius 3 is 1.98 bits per heavy atom. The fourth-order valence-electron chi connectivity index (χ4n) is 8.24. The molecule has 4 amide bonds. The number of amides is 4. The summed E-state index contributed by atoms with van der Waals surface area (Å²) in [6.07, 6.45) is 7.10. The van der Waals surface area contributed by atoms with E-state index < -0.39 is 46.7 Å². The largest absolute Gasteiger partial charge is 0.363 e. The lowest BCUT2D eigenvalue weighted by Gasteiger charge is -2.36. The van der Waals surface area contributed by atoms with Crippen molar-refractivity contribution in [3.63, 3.8) is 0 Å². The van der Waals surface area contributed by atoms with E-state index in [2.05, 4.69) is 24.5 Å². The van der Waals surface area contributed by atoms with Gasteiger partial charge in [-0.2, -0.15) is 0 Å². The van der Waals surface area contributed by atoms with Gasteiger partial charge in [0, 0.05) is 23.9 Å². The van der Waals surface area contributed by atoms with E-state index in [0.717, 1.165) is 38.5 Å². The summed E-state index contributed by atoms with van der Waals surface area (Å²) < 4.78 is 0. The molecule has 41 heavy (non-hydrogen) atoms. The van der Waals surface area contributed by atoms with Crippen LogP contribution in [0.4, 0.5) is 0 Å². The first-order chi connectivity index (χ1) is 18.8. The normalized spacial score (nSPS) is 27.9. The van der Waals surface area contributed by atoms with Crippen molar-refractivity contribution in [1.29, 1.82) is 0 Å². The Labute approximate surface area is 244 Å². The maximum Gasteiger partial charge on any atom is 0.287 e. The second kappa shape index (κ2) is 10.3. The van der Waals surface area contributed by atoms with Crippen LogP contribution in [-0.2, 0) is 24.0 Å². The second-order valence-electron chi connectivity index (χ2n) is 15.7. The summed E-state index contributed by atoms with van der Waals surface area (Å²) in [7, 11) is 0. The number of nitrogens with one attached hydrogen (secondary N) is 2. The number of nitrogens with two attached hydrogens (primary N) is 2. The molecular formula is C31H51N5O5. The zero-order chi connectivity index (χ0) is 30.8. The molecule has 0 aromatic rings. The van der Waals surface area contributed by atoms with Gasteiger partial charge in [0.05, 0.1) is 6.04 Å². The molecule has 2 spiro atoms. The molecule has 1 saturated heterocycles. The van der Waals surface area contributed by atoms with Gasteiger partial charge in [0.2, 0.25) is 23.5 Å². The fraction of sp³-hybridized carbons (Fsp3) is 0.839. The molecular weight excluding hydrogens is 522 g/mol. The van der Waals surface area contributed by atoms with Crippen LogP contribution in [0.3, 0.4) is 0 Å². The Morgan fingerprint density at radius 1 is 0.951 bits per heavy atom. The summed E-state index contributed by atoms with van der Waals surface area (Å²) >= 11 is 0. The number of carbonyl (C=O) groups excluding carboxylic acids is 5. The molecule has 1 heterocycles. The lowest BCUT2D eigenvalue weighted by Crippen LogP contribution is -2.59. The van der Waals surface area contributed by atoms with Gasteiger partial charge in [-0.15, -0.1) is 0 Å². The van der Waals surface area contributed by atoms with Gasteiger partial charge in [-0.3, -0.25) is 24.0 Å². The van der Waals surface area contributed by atoms with Gasteiger partial charge in [-0.1, -0.05) is 60.3 Å². The van der Waals surface area contributed by atoms with Gasteiger partial charge in [0.15, 0.2) is 0 Å². The van der Waals surface area contributed by atoms with Crippen molar-refractivity contribution >= 4 is 29.4 Å². The van der Waals surface area contributed by atoms with Gasteiger partial charge in [0.25, 0.3) is 5.91 Å². The van der Waals surface area contributed by atoms with E-state index in [0.29, 0.717) is 19.4 Å². The fourth-order valence-corrected chi connectivity index (χ4v) is 8.24. The summed E-state index contributed by atoms with van der Waals surface area (Å²) in [6, 6.07) is -2.70. The quantitative estimate of drug-likeness (QED) is 0.293. The minimum atomic E-state index is -1.07. The molecule has 4 atom stereocenters. The highest BCUT2D eigenvalue weighted by molar-refractivity contribution is 6.37. The molecule has 0 radical (unpaired) electrons. The molecule has 6 N–H and O–H groups in total. The van der Waals surface area contributed by atoms with Crippen LogP contribution in [0.2, 0.25) is 0 Å². The average molecular weight is 574 g/mol. The zero-order valence-corrected chi connectivity index (χ0v) is 26.0. The van der Waals surface area contributed by atoms with Crippen LogP contribution in [0, 0.1) is 27.6 Å². The van der Waals surface area contributed by atoms with Gasteiger partial charge in [-0.05, 0) is 61.7 Å². The first kappa shape index (κ1) is 31.4. The third-order valence-electron chi connectivity index (χ3n) is 11.1. The van der Waals surface area contributed by atoms with Crippen LogP contribution in [0.15, 0.2) is 0 Å². The summed E-state index contributed by atoms with van der Waals surface area (Å²) in [5, 5.41) is 5.77. The number of hydrogen-bond acceptors (Lipinski definition) is 6. The molecule has 10 heteroatoms. The molecule has 3 saturated carbocycles. The topological polar surface area (TPSA) is 165 Å². The Balaban J connectivity index is 1.63.